The van der Waals surface area contributed by atoms with Gasteiger partial charge in [0.25, 0.3) is 0 Å². The third-order valence-electron chi connectivity index (χ3n) is 4.14. The van der Waals surface area contributed by atoms with Gasteiger partial charge in [-0.3, -0.25) is 9.59 Å². The van der Waals surface area contributed by atoms with Crippen molar-refractivity contribution in [1.29, 1.82) is 0 Å². The summed E-state index contributed by atoms with van der Waals surface area (Å²) in [4.78, 5) is 30.2. The summed E-state index contributed by atoms with van der Waals surface area (Å²) < 4.78 is 1.12. The van der Waals surface area contributed by atoms with E-state index in [2.05, 4.69) is 36.0 Å². The molecule has 0 radical (unpaired) electrons. The minimum Gasteiger partial charge on any atom is -0.340 e. The highest BCUT2D eigenvalue weighted by molar-refractivity contribution is 8.01. The Hall–Kier alpha value is -2.50. The number of aromatic amines is 1. The van der Waals surface area contributed by atoms with Crippen molar-refractivity contribution >= 4 is 23.6 Å². The van der Waals surface area contributed by atoms with Gasteiger partial charge in [0.05, 0.1) is 0 Å². The molecule has 11 nitrogen and oxygen atoms in total. The number of amides is 2. The number of thioether (sulfide) groups is 1. The average Bonchev–Trinajstić information content (AvgIpc) is 3.24. The molecule has 0 aliphatic carbocycles. The van der Waals surface area contributed by atoms with E-state index >= 15 is 0 Å². The van der Waals surface area contributed by atoms with E-state index in [0.29, 0.717) is 5.82 Å². The van der Waals surface area contributed by atoms with Crippen LogP contribution in [0.25, 0.3) is 0 Å². The molecular weight excluding hydrogens is 334 g/mol. The lowest BCUT2D eigenvalue weighted by Crippen LogP contribution is -2.68. The van der Waals surface area contributed by atoms with Gasteiger partial charge in [-0.1, -0.05) is 5.21 Å². The predicted molar refractivity (Wildman–Crippen MR) is 81.2 cm³/mol. The molecule has 0 saturated carbocycles. The fraction of sp³-hybridized carbons (Fsp3) is 0.583. The number of fused-ring (bicyclic) bond motifs is 1. The van der Waals surface area contributed by atoms with Crippen LogP contribution in [0.5, 0.6) is 0 Å². The third kappa shape index (κ3) is 2.25. The second-order valence-corrected chi connectivity index (χ2v) is 7.94. The number of rotatable bonds is 4. The number of nitrogens with one attached hydrogen (secondary N) is 2. The first kappa shape index (κ1) is 15.1. The molecule has 2 aliphatic heterocycles. The predicted octanol–water partition coefficient (Wildman–Crippen LogP) is -1.29. The highest BCUT2D eigenvalue weighted by Crippen LogP contribution is 2.56. The van der Waals surface area contributed by atoms with Crippen molar-refractivity contribution in [2.75, 3.05) is 0 Å². The lowest BCUT2D eigenvalue weighted by atomic mass is 9.95. The molecule has 2 saturated heterocycles. The molecule has 4 heterocycles. The van der Waals surface area contributed by atoms with Gasteiger partial charge in [0.15, 0.2) is 5.82 Å². The number of nitrogens with zero attached hydrogens (tertiary/aromatic N) is 7. The number of aromatic nitrogens is 7. The van der Waals surface area contributed by atoms with Gasteiger partial charge >= 0.3 is 0 Å². The smallest absolute Gasteiger partial charge is 0.249 e. The number of hydrogen-bond acceptors (Lipinski definition) is 8. The SMILES string of the molecule is CC1(C)SC2C(NC(=O)Cn3cncn3)C(=O)N2C1c1nn[nH]n1. The fourth-order valence-electron chi connectivity index (χ4n) is 3.13. The summed E-state index contributed by atoms with van der Waals surface area (Å²) in [7, 11) is 0. The molecular formula is C12H15N9O2S. The van der Waals surface area contributed by atoms with Crippen molar-refractivity contribution in [3.63, 3.8) is 0 Å². The summed E-state index contributed by atoms with van der Waals surface area (Å²) in [5.74, 6) is 0.0653. The molecule has 2 fully saturated rings. The monoisotopic (exact) mass is 349 g/mol. The lowest BCUT2D eigenvalue weighted by Gasteiger charge is -2.44. The largest absolute Gasteiger partial charge is 0.340 e. The minimum atomic E-state index is -0.554. The zero-order valence-corrected chi connectivity index (χ0v) is 13.8. The van der Waals surface area contributed by atoms with Crippen LogP contribution in [0.15, 0.2) is 12.7 Å². The van der Waals surface area contributed by atoms with Crippen LogP contribution < -0.4 is 5.32 Å². The van der Waals surface area contributed by atoms with E-state index in [1.165, 1.54) is 17.3 Å². The molecule has 3 atom stereocenters. The summed E-state index contributed by atoms with van der Waals surface area (Å²) in [6, 6.07) is -0.829. The molecule has 2 aromatic heterocycles. The standard InChI is InChI=1S/C12H15N9O2S/c1-12(2)8(9-16-18-19-17-9)21-10(23)7(11(21)24-12)15-6(22)3-20-5-13-4-14-20/h4-5,7-8,11H,3H2,1-2H3,(H,15,22)(H,16,17,18,19). The Morgan fingerprint density at radius 1 is 1.50 bits per heavy atom. The van der Waals surface area contributed by atoms with E-state index in [0.717, 1.165) is 0 Å². The van der Waals surface area contributed by atoms with Crippen molar-refractivity contribution < 1.29 is 9.59 Å². The summed E-state index contributed by atoms with van der Waals surface area (Å²) >= 11 is 1.62. The van der Waals surface area contributed by atoms with Crippen molar-refractivity contribution in [3.05, 3.63) is 18.5 Å². The van der Waals surface area contributed by atoms with Gasteiger partial charge in [-0.15, -0.1) is 22.0 Å². The topological polar surface area (TPSA) is 135 Å². The van der Waals surface area contributed by atoms with E-state index in [1.54, 1.807) is 16.7 Å². The van der Waals surface area contributed by atoms with Gasteiger partial charge in [-0.05, 0) is 13.8 Å². The van der Waals surface area contributed by atoms with Gasteiger partial charge in [-0.2, -0.15) is 10.3 Å². The fourth-order valence-corrected chi connectivity index (χ4v) is 4.76. The Morgan fingerprint density at radius 2 is 2.33 bits per heavy atom. The third-order valence-corrected chi connectivity index (χ3v) is 5.71. The number of carbonyl (C=O) groups excluding carboxylic acids is 2. The lowest BCUT2D eigenvalue weighted by molar-refractivity contribution is -0.151. The molecule has 0 bridgehead atoms. The maximum atomic E-state index is 12.6. The van der Waals surface area contributed by atoms with Crippen LogP contribution >= 0.6 is 11.8 Å². The number of tetrazole rings is 1. The van der Waals surface area contributed by atoms with Crippen LogP contribution in [0.1, 0.15) is 25.7 Å². The minimum absolute atomic E-state index is 0.0266. The molecule has 4 rings (SSSR count). The van der Waals surface area contributed by atoms with Crippen LogP contribution in [0.2, 0.25) is 0 Å². The van der Waals surface area contributed by atoms with E-state index < -0.39 is 6.04 Å². The van der Waals surface area contributed by atoms with Gasteiger partial charge in [0.1, 0.15) is 36.7 Å². The van der Waals surface area contributed by atoms with Crippen LogP contribution in [-0.4, -0.2) is 68.3 Å². The zero-order chi connectivity index (χ0) is 16.9. The van der Waals surface area contributed by atoms with Crippen LogP contribution in [0.4, 0.5) is 0 Å². The molecule has 2 N–H and O–H groups in total. The molecule has 0 spiro atoms. The summed E-state index contributed by atoms with van der Waals surface area (Å²) in [5, 5.41) is 20.6. The Labute approximate surface area is 140 Å². The van der Waals surface area contributed by atoms with Gasteiger partial charge in [0.2, 0.25) is 11.8 Å². The molecule has 2 aromatic rings. The molecule has 24 heavy (non-hydrogen) atoms. The van der Waals surface area contributed by atoms with Crippen molar-refractivity contribution in [1.82, 2.24) is 45.6 Å². The first-order valence-electron chi connectivity index (χ1n) is 7.32. The van der Waals surface area contributed by atoms with E-state index in [-0.39, 0.29) is 34.5 Å². The number of carbonyl (C=O) groups is 2. The van der Waals surface area contributed by atoms with Gasteiger partial charge < -0.3 is 10.2 Å². The van der Waals surface area contributed by atoms with Crippen LogP contribution in [0.3, 0.4) is 0 Å². The van der Waals surface area contributed by atoms with Crippen LogP contribution in [-0.2, 0) is 16.1 Å². The Balaban J connectivity index is 1.48. The van der Waals surface area contributed by atoms with E-state index in [9.17, 15) is 9.59 Å². The average molecular weight is 349 g/mol. The quantitative estimate of drug-likeness (QED) is 0.651. The molecule has 0 aromatic carbocycles. The number of H-pyrrole nitrogens is 1. The molecule has 3 unspecified atom stereocenters. The Morgan fingerprint density at radius 3 is 3.00 bits per heavy atom. The highest BCUT2D eigenvalue weighted by atomic mass is 32.2. The zero-order valence-electron chi connectivity index (χ0n) is 12.9. The van der Waals surface area contributed by atoms with Crippen molar-refractivity contribution in [2.24, 2.45) is 0 Å². The highest BCUT2D eigenvalue weighted by Gasteiger charge is 2.63. The second kappa shape index (κ2) is 5.26. The maximum Gasteiger partial charge on any atom is 0.249 e. The normalized spacial score (nSPS) is 27.7. The van der Waals surface area contributed by atoms with Crippen molar-refractivity contribution in [3.8, 4) is 0 Å². The Kier molecular flexibility index (Phi) is 3.30. The van der Waals surface area contributed by atoms with Gasteiger partial charge in [-0.25, -0.2) is 9.67 Å². The molecule has 2 amide bonds. The first-order valence-corrected chi connectivity index (χ1v) is 8.20. The first-order chi connectivity index (χ1) is 11.5. The van der Waals surface area contributed by atoms with Crippen molar-refractivity contribution in [2.45, 2.75) is 42.6 Å². The van der Waals surface area contributed by atoms with E-state index in [4.69, 9.17) is 0 Å². The van der Waals surface area contributed by atoms with Gasteiger partial charge in [0, 0.05) is 4.75 Å². The number of β-lactam (4-membered cyclic amide) rings is 1. The maximum absolute atomic E-state index is 12.6. The van der Waals surface area contributed by atoms with Crippen LogP contribution in [0, 0.1) is 0 Å². The molecule has 12 heteroatoms. The van der Waals surface area contributed by atoms with E-state index in [1.807, 2.05) is 13.8 Å². The second-order valence-electron chi connectivity index (χ2n) is 6.17. The Bertz CT molecular complexity index is 760. The summed E-state index contributed by atoms with van der Waals surface area (Å²) in [5.41, 5.74) is 0. The number of hydrogen-bond donors (Lipinski definition) is 2. The summed E-state index contributed by atoms with van der Waals surface area (Å²) in [6.07, 6.45) is 2.81. The molecule has 2 aliphatic rings. The molecule has 126 valence electrons. The summed E-state index contributed by atoms with van der Waals surface area (Å²) in [6.45, 7) is 4.08.